The van der Waals surface area contributed by atoms with Crippen LogP contribution in [0.4, 0.5) is 10.5 Å². The monoisotopic (exact) mass is 565 g/mol. The number of urea groups is 1. The van der Waals surface area contributed by atoms with Gasteiger partial charge >= 0.3 is 6.03 Å². The number of nitrogens with one attached hydrogen (secondary N) is 3. The minimum atomic E-state index is -0.195. The zero-order chi connectivity index (χ0) is 22.8. The fraction of sp³-hybridized carbons (Fsp3) is 0.440. The summed E-state index contributed by atoms with van der Waals surface area (Å²) in [5.41, 5.74) is 1.86. The van der Waals surface area contributed by atoms with Gasteiger partial charge in [-0.2, -0.15) is 0 Å². The summed E-state index contributed by atoms with van der Waals surface area (Å²) in [4.78, 5) is 19.0. The number of benzene rings is 2. The molecule has 0 unspecified atom stereocenters. The Morgan fingerprint density at radius 3 is 2.36 bits per heavy atom. The van der Waals surface area contributed by atoms with Gasteiger partial charge in [-0.05, 0) is 50.6 Å². The molecule has 3 rings (SSSR count). The largest absolute Gasteiger partial charge is 0.490 e. The van der Waals surface area contributed by atoms with Crippen molar-refractivity contribution in [1.82, 2.24) is 15.5 Å². The second-order valence-corrected chi connectivity index (χ2v) is 8.24. The molecule has 1 fully saturated rings. The first kappa shape index (κ1) is 26.8. The number of rotatable bonds is 7. The zero-order valence-corrected chi connectivity index (χ0v) is 22.0. The Labute approximate surface area is 214 Å². The van der Waals surface area contributed by atoms with Gasteiger partial charge in [0.2, 0.25) is 0 Å². The zero-order valence-electron chi connectivity index (χ0n) is 19.7. The van der Waals surface area contributed by atoms with Gasteiger partial charge in [0.05, 0.1) is 6.54 Å². The SMILES string of the molecule is CCNC(=NCc1ccc(NC(=O)NC(C)C)cc1)N1CCC(Oc2ccccc2)CC1.I. The molecule has 0 aromatic heterocycles. The second kappa shape index (κ2) is 13.9. The molecular weight excluding hydrogens is 529 g/mol. The molecule has 0 radical (unpaired) electrons. The smallest absolute Gasteiger partial charge is 0.319 e. The van der Waals surface area contributed by atoms with Gasteiger partial charge in [0, 0.05) is 44.2 Å². The van der Waals surface area contributed by atoms with E-state index in [0.29, 0.717) is 6.54 Å². The minimum absolute atomic E-state index is 0. The highest BCUT2D eigenvalue weighted by molar-refractivity contribution is 14.0. The van der Waals surface area contributed by atoms with Crippen LogP contribution < -0.4 is 20.7 Å². The number of halogens is 1. The van der Waals surface area contributed by atoms with Gasteiger partial charge in [0.1, 0.15) is 11.9 Å². The number of hydrogen-bond donors (Lipinski definition) is 3. The number of ether oxygens (including phenoxy) is 1. The highest BCUT2D eigenvalue weighted by Gasteiger charge is 2.22. The maximum atomic E-state index is 11.8. The van der Waals surface area contributed by atoms with Crippen LogP contribution in [0.1, 0.15) is 39.2 Å². The molecule has 33 heavy (non-hydrogen) atoms. The van der Waals surface area contributed by atoms with Crippen molar-refractivity contribution < 1.29 is 9.53 Å². The van der Waals surface area contributed by atoms with Gasteiger partial charge in [0.15, 0.2) is 5.96 Å². The predicted molar refractivity (Wildman–Crippen MR) is 146 cm³/mol. The summed E-state index contributed by atoms with van der Waals surface area (Å²) >= 11 is 0. The lowest BCUT2D eigenvalue weighted by Gasteiger charge is -2.34. The number of carbonyl (C=O) groups excluding carboxylic acids is 1. The van der Waals surface area contributed by atoms with E-state index in [1.165, 1.54) is 0 Å². The number of aliphatic imine (C=N–C) groups is 1. The van der Waals surface area contributed by atoms with Gasteiger partial charge in [-0.15, -0.1) is 24.0 Å². The highest BCUT2D eigenvalue weighted by atomic mass is 127. The van der Waals surface area contributed by atoms with E-state index in [2.05, 4.69) is 27.8 Å². The fourth-order valence-electron chi connectivity index (χ4n) is 3.59. The van der Waals surface area contributed by atoms with Crippen LogP contribution in [0.25, 0.3) is 0 Å². The average Bonchev–Trinajstić information content (AvgIpc) is 2.78. The van der Waals surface area contributed by atoms with E-state index < -0.39 is 0 Å². The molecule has 0 saturated carbocycles. The molecule has 8 heteroatoms. The number of nitrogens with zero attached hydrogens (tertiary/aromatic N) is 2. The third kappa shape index (κ3) is 9.11. The first-order valence-electron chi connectivity index (χ1n) is 11.4. The number of para-hydroxylation sites is 1. The van der Waals surface area contributed by atoms with Crippen LogP contribution in [0.2, 0.25) is 0 Å². The summed E-state index contributed by atoms with van der Waals surface area (Å²) in [5.74, 6) is 1.87. The van der Waals surface area contributed by atoms with Crippen molar-refractivity contribution in [3.05, 3.63) is 60.2 Å². The standard InChI is InChI=1S/C25H35N5O2.HI/c1-4-26-24(30-16-14-23(15-17-30)32-22-8-6-5-7-9-22)27-18-20-10-12-21(13-11-20)29-25(31)28-19(2)3;/h5-13,19,23H,4,14-18H2,1-3H3,(H,26,27)(H2,28,29,31);1H. The van der Waals surface area contributed by atoms with Crippen molar-refractivity contribution in [2.24, 2.45) is 4.99 Å². The molecule has 1 heterocycles. The quantitative estimate of drug-likeness (QED) is 0.255. The van der Waals surface area contributed by atoms with E-state index in [4.69, 9.17) is 9.73 Å². The van der Waals surface area contributed by atoms with Gasteiger partial charge in [0.25, 0.3) is 0 Å². The van der Waals surface area contributed by atoms with Crippen molar-refractivity contribution >= 4 is 41.7 Å². The lowest BCUT2D eigenvalue weighted by Crippen LogP contribution is -2.47. The van der Waals surface area contributed by atoms with Crippen LogP contribution >= 0.6 is 24.0 Å². The molecule has 0 spiro atoms. The number of amides is 2. The molecule has 1 saturated heterocycles. The minimum Gasteiger partial charge on any atom is -0.490 e. The molecule has 1 aliphatic rings. The Morgan fingerprint density at radius 2 is 1.76 bits per heavy atom. The topological polar surface area (TPSA) is 78.0 Å². The Balaban J connectivity index is 0.00000385. The van der Waals surface area contributed by atoms with Gasteiger partial charge < -0.3 is 25.6 Å². The number of anilines is 1. The van der Waals surface area contributed by atoms with Crippen molar-refractivity contribution in [2.75, 3.05) is 25.0 Å². The van der Waals surface area contributed by atoms with E-state index in [9.17, 15) is 4.79 Å². The molecule has 2 aromatic rings. The maximum Gasteiger partial charge on any atom is 0.319 e. The summed E-state index contributed by atoms with van der Waals surface area (Å²) < 4.78 is 6.11. The Bertz CT molecular complexity index is 866. The van der Waals surface area contributed by atoms with Gasteiger partial charge in [-0.3, -0.25) is 0 Å². The van der Waals surface area contributed by atoms with E-state index >= 15 is 0 Å². The third-order valence-corrected chi connectivity index (χ3v) is 5.17. The van der Waals surface area contributed by atoms with Gasteiger partial charge in [-0.1, -0.05) is 30.3 Å². The molecule has 1 aliphatic heterocycles. The lowest BCUT2D eigenvalue weighted by molar-refractivity contribution is 0.129. The Hall–Kier alpha value is -2.49. The lowest BCUT2D eigenvalue weighted by atomic mass is 10.1. The number of piperidine rings is 1. The Morgan fingerprint density at radius 1 is 1.09 bits per heavy atom. The fourth-order valence-corrected chi connectivity index (χ4v) is 3.59. The molecule has 0 bridgehead atoms. The van der Waals surface area contributed by atoms with Gasteiger partial charge in [-0.25, -0.2) is 9.79 Å². The van der Waals surface area contributed by atoms with Crippen LogP contribution in [0.3, 0.4) is 0 Å². The first-order valence-corrected chi connectivity index (χ1v) is 11.4. The summed E-state index contributed by atoms with van der Waals surface area (Å²) in [6.45, 7) is 9.19. The summed E-state index contributed by atoms with van der Waals surface area (Å²) in [7, 11) is 0. The molecule has 0 atom stereocenters. The molecule has 0 aliphatic carbocycles. The Kier molecular flexibility index (Phi) is 11.3. The predicted octanol–water partition coefficient (Wildman–Crippen LogP) is 4.84. The average molecular weight is 566 g/mol. The number of hydrogen-bond acceptors (Lipinski definition) is 3. The normalized spacial score (nSPS) is 14.4. The number of carbonyl (C=O) groups is 1. The van der Waals surface area contributed by atoms with Crippen LogP contribution in [0.15, 0.2) is 59.6 Å². The molecule has 7 nitrogen and oxygen atoms in total. The van der Waals surface area contributed by atoms with Crippen molar-refractivity contribution in [1.29, 1.82) is 0 Å². The van der Waals surface area contributed by atoms with E-state index in [1.54, 1.807) is 0 Å². The molecule has 2 aromatic carbocycles. The van der Waals surface area contributed by atoms with Crippen molar-refractivity contribution in [2.45, 2.75) is 52.3 Å². The number of likely N-dealkylation sites (tertiary alicyclic amines) is 1. The summed E-state index contributed by atoms with van der Waals surface area (Å²) in [6, 6.07) is 17.7. The molecule has 3 N–H and O–H groups in total. The first-order chi connectivity index (χ1) is 15.5. The number of guanidine groups is 1. The molecular formula is C25H36IN5O2. The van der Waals surface area contributed by atoms with E-state index in [1.807, 2.05) is 68.4 Å². The van der Waals surface area contributed by atoms with E-state index in [0.717, 1.165) is 55.4 Å². The van der Waals surface area contributed by atoms with Crippen LogP contribution in [-0.4, -0.2) is 48.7 Å². The maximum absolute atomic E-state index is 11.8. The summed E-state index contributed by atoms with van der Waals surface area (Å²) in [5, 5.41) is 9.07. The van der Waals surface area contributed by atoms with Crippen LogP contribution in [-0.2, 0) is 6.54 Å². The van der Waals surface area contributed by atoms with Crippen LogP contribution in [0, 0.1) is 0 Å². The van der Waals surface area contributed by atoms with Crippen molar-refractivity contribution in [3.63, 3.8) is 0 Å². The third-order valence-electron chi connectivity index (χ3n) is 5.17. The van der Waals surface area contributed by atoms with Crippen LogP contribution in [0.5, 0.6) is 5.75 Å². The molecule has 2 amide bonds. The molecule has 180 valence electrons. The summed E-state index contributed by atoms with van der Waals surface area (Å²) in [6.07, 6.45) is 2.18. The second-order valence-electron chi connectivity index (χ2n) is 8.24. The van der Waals surface area contributed by atoms with E-state index in [-0.39, 0.29) is 42.2 Å². The van der Waals surface area contributed by atoms with Crippen molar-refractivity contribution in [3.8, 4) is 5.75 Å². The highest BCUT2D eigenvalue weighted by Crippen LogP contribution is 2.19.